The van der Waals surface area contributed by atoms with Crippen molar-refractivity contribution < 1.29 is 18.3 Å². The smallest absolute Gasteiger partial charge is 0.337 e. The van der Waals surface area contributed by atoms with Crippen molar-refractivity contribution in [2.75, 3.05) is 11.4 Å². The Bertz CT molecular complexity index is 884. The molecule has 1 aromatic carbocycles. The van der Waals surface area contributed by atoms with Gasteiger partial charge in [0, 0.05) is 25.6 Å². The van der Waals surface area contributed by atoms with Crippen molar-refractivity contribution in [1.29, 1.82) is 0 Å². The zero-order valence-electron chi connectivity index (χ0n) is 13.5. The van der Waals surface area contributed by atoms with Gasteiger partial charge < -0.3 is 5.11 Å². The number of hydrogen-bond acceptors (Lipinski definition) is 4. The van der Waals surface area contributed by atoms with Crippen LogP contribution in [0.1, 0.15) is 41.7 Å². The van der Waals surface area contributed by atoms with E-state index in [1.54, 1.807) is 18.2 Å². The van der Waals surface area contributed by atoms with Crippen molar-refractivity contribution in [2.45, 2.75) is 37.3 Å². The number of hydrogen-bond donors (Lipinski definition) is 1. The van der Waals surface area contributed by atoms with Crippen LogP contribution in [0.4, 0.5) is 5.69 Å². The molecule has 1 saturated carbocycles. The predicted molar refractivity (Wildman–Crippen MR) is 88.9 cm³/mol. The summed E-state index contributed by atoms with van der Waals surface area (Å²) in [5.41, 5.74) is 0.853. The number of para-hydroxylation sites is 1. The Kier molecular flexibility index (Phi) is 4.08. The van der Waals surface area contributed by atoms with E-state index in [0.717, 1.165) is 22.8 Å². The van der Waals surface area contributed by atoms with Crippen LogP contribution in [0.25, 0.3) is 0 Å². The highest BCUT2D eigenvalue weighted by Gasteiger charge is 2.33. The Balaban J connectivity index is 2.06. The van der Waals surface area contributed by atoms with Gasteiger partial charge in [0.1, 0.15) is 0 Å². The van der Waals surface area contributed by atoms with Gasteiger partial charge in [-0.25, -0.2) is 4.79 Å². The first-order valence-corrected chi connectivity index (χ1v) is 9.19. The van der Waals surface area contributed by atoms with Gasteiger partial charge in [-0.2, -0.15) is 13.5 Å². The molecule has 1 aromatic heterocycles. The van der Waals surface area contributed by atoms with E-state index in [1.165, 1.54) is 23.9 Å². The van der Waals surface area contributed by atoms with Gasteiger partial charge in [-0.1, -0.05) is 12.1 Å². The lowest BCUT2D eigenvalue weighted by Crippen LogP contribution is -2.30. The Morgan fingerprint density at radius 1 is 1.38 bits per heavy atom. The summed E-state index contributed by atoms with van der Waals surface area (Å²) in [5, 5.41) is 13.8. The van der Waals surface area contributed by atoms with E-state index >= 15 is 0 Å². The van der Waals surface area contributed by atoms with Crippen molar-refractivity contribution >= 4 is 21.7 Å². The van der Waals surface area contributed by atoms with Crippen molar-refractivity contribution in [2.24, 2.45) is 0 Å². The molecule has 0 bridgehead atoms. The fourth-order valence-electron chi connectivity index (χ4n) is 2.63. The van der Waals surface area contributed by atoms with Crippen LogP contribution in [0, 0.1) is 0 Å². The minimum absolute atomic E-state index is 0.0615. The van der Waals surface area contributed by atoms with Gasteiger partial charge in [-0.05, 0) is 31.9 Å². The molecule has 8 heteroatoms. The summed E-state index contributed by atoms with van der Waals surface area (Å²) in [7, 11) is -2.54. The molecule has 0 aliphatic heterocycles. The maximum Gasteiger partial charge on any atom is 0.337 e. The first-order valence-electron chi connectivity index (χ1n) is 7.75. The van der Waals surface area contributed by atoms with E-state index in [2.05, 4.69) is 5.10 Å². The van der Waals surface area contributed by atoms with E-state index in [0.29, 0.717) is 12.5 Å². The Morgan fingerprint density at radius 3 is 2.62 bits per heavy atom. The third-order valence-corrected chi connectivity index (χ3v) is 5.93. The number of benzene rings is 1. The van der Waals surface area contributed by atoms with E-state index in [1.807, 2.05) is 6.92 Å². The summed E-state index contributed by atoms with van der Waals surface area (Å²) in [6.45, 7) is 2.25. The molecule has 7 nitrogen and oxygen atoms in total. The van der Waals surface area contributed by atoms with Crippen LogP contribution in [-0.2, 0) is 16.6 Å². The minimum atomic E-state index is -3.91. The number of aryl methyl sites for hydroxylation is 1. The quantitative estimate of drug-likeness (QED) is 0.864. The second-order valence-corrected chi connectivity index (χ2v) is 7.71. The molecule has 0 saturated heterocycles. The zero-order valence-corrected chi connectivity index (χ0v) is 14.3. The summed E-state index contributed by atoms with van der Waals surface area (Å²) in [4.78, 5) is 11.4. The minimum Gasteiger partial charge on any atom is -0.478 e. The molecular weight excluding hydrogens is 330 g/mol. The summed E-state index contributed by atoms with van der Waals surface area (Å²) in [6.07, 6.45) is 2.05. The molecule has 3 rings (SSSR count). The molecule has 0 unspecified atom stereocenters. The maximum absolute atomic E-state index is 13.0. The molecule has 0 atom stereocenters. The number of aromatic carboxylic acids is 1. The Morgan fingerprint density at radius 2 is 2.04 bits per heavy atom. The fraction of sp³-hybridized carbons (Fsp3) is 0.375. The molecule has 0 radical (unpaired) electrons. The highest BCUT2D eigenvalue weighted by atomic mass is 32.2. The van der Waals surface area contributed by atoms with Gasteiger partial charge in [0.05, 0.1) is 16.9 Å². The second-order valence-electron chi connectivity index (χ2n) is 5.79. The topological polar surface area (TPSA) is 92.5 Å². The van der Waals surface area contributed by atoms with E-state index < -0.39 is 16.0 Å². The summed E-state index contributed by atoms with van der Waals surface area (Å²) < 4.78 is 28.5. The van der Waals surface area contributed by atoms with Crippen molar-refractivity contribution in [3.05, 3.63) is 41.6 Å². The summed E-state index contributed by atoms with van der Waals surface area (Å²) in [6, 6.07) is 7.65. The Hall–Kier alpha value is -2.35. The highest BCUT2D eigenvalue weighted by Crippen LogP contribution is 2.40. The molecule has 1 heterocycles. The lowest BCUT2D eigenvalue weighted by Gasteiger charge is -2.21. The molecule has 1 N–H and O–H groups in total. The van der Waals surface area contributed by atoms with Gasteiger partial charge in [-0.3, -0.25) is 8.99 Å². The molecule has 2 aromatic rings. The van der Waals surface area contributed by atoms with Gasteiger partial charge >= 0.3 is 5.97 Å². The van der Waals surface area contributed by atoms with Crippen LogP contribution < -0.4 is 4.31 Å². The standard InChI is InChI=1S/C16H19N3O4S/c1-3-19-15(10-13(17-19)11-8-9-11)24(22,23)18(2)14-7-5-4-6-12(14)16(20)21/h4-7,10-11H,3,8-9H2,1-2H3,(H,20,21). The number of sulfonamides is 1. The monoisotopic (exact) mass is 349 g/mol. The fourth-order valence-corrected chi connectivity index (χ4v) is 4.03. The van der Waals surface area contributed by atoms with Crippen LogP contribution >= 0.6 is 0 Å². The molecule has 128 valence electrons. The third kappa shape index (κ3) is 2.77. The molecule has 0 spiro atoms. The van der Waals surface area contributed by atoms with Gasteiger partial charge in [0.15, 0.2) is 5.03 Å². The van der Waals surface area contributed by atoms with Gasteiger partial charge in [-0.15, -0.1) is 0 Å². The zero-order chi connectivity index (χ0) is 17.5. The normalized spacial score (nSPS) is 14.6. The first kappa shape index (κ1) is 16.5. The van der Waals surface area contributed by atoms with E-state index in [4.69, 9.17) is 0 Å². The lowest BCUT2D eigenvalue weighted by atomic mass is 10.2. The second kappa shape index (κ2) is 5.94. The molecule has 1 aliphatic carbocycles. The number of nitrogens with zero attached hydrogens (tertiary/aromatic N) is 3. The molecule has 0 amide bonds. The van der Waals surface area contributed by atoms with Gasteiger partial charge in [0.2, 0.25) is 0 Å². The Labute approximate surface area is 140 Å². The largest absolute Gasteiger partial charge is 0.478 e. The van der Waals surface area contributed by atoms with Crippen LogP contribution in [-0.4, -0.2) is 36.3 Å². The van der Waals surface area contributed by atoms with Gasteiger partial charge in [0.25, 0.3) is 10.0 Å². The van der Waals surface area contributed by atoms with Crippen molar-refractivity contribution in [3.8, 4) is 0 Å². The number of carboxylic acids is 1. The SMILES string of the molecule is CCn1nc(C2CC2)cc1S(=O)(=O)N(C)c1ccccc1C(=O)O. The molecule has 1 fully saturated rings. The predicted octanol–water partition coefficient (Wildman–Crippen LogP) is 2.30. The average molecular weight is 349 g/mol. The van der Waals surface area contributed by atoms with Crippen LogP contribution in [0.5, 0.6) is 0 Å². The molecule has 1 aliphatic rings. The number of aromatic nitrogens is 2. The molecular formula is C16H19N3O4S. The first-order chi connectivity index (χ1) is 11.4. The number of anilines is 1. The lowest BCUT2D eigenvalue weighted by molar-refractivity contribution is 0.0698. The number of carboxylic acid groups (broad SMARTS) is 1. The van der Waals surface area contributed by atoms with Crippen LogP contribution in [0.2, 0.25) is 0 Å². The number of rotatable bonds is 6. The number of carbonyl (C=O) groups is 1. The third-order valence-electron chi connectivity index (χ3n) is 4.16. The highest BCUT2D eigenvalue weighted by molar-refractivity contribution is 7.92. The van der Waals surface area contributed by atoms with Crippen LogP contribution in [0.15, 0.2) is 35.4 Å². The van der Waals surface area contributed by atoms with Crippen molar-refractivity contribution in [3.63, 3.8) is 0 Å². The molecule has 24 heavy (non-hydrogen) atoms. The average Bonchev–Trinajstić information content (AvgIpc) is 3.32. The maximum atomic E-state index is 13.0. The van der Waals surface area contributed by atoms with Crippen molar-refractivity contribution in [1.82, 2.24) is 9.78 Å². The summed E-state index contributed by atoms with van der Waals surface area (Å²) in [5.74, 6) is -0.835. The van der Waals surface area contributed by atoms with E-state index in [-0.39, 0.29) is 16.3 Å². The van der Waals surface area contributed by atoms with E-state index in [9.17, 15) is 18.3 Å². The van der Waals surface area contributed by atoms with Crippen LogP contribution in [0.3, 0.4) is 0 Å². The summed E-state index contributed by atoms with van der Waals surface area (Å²) >= 11 is 0.